The molecule has 0 radical (unpaired) electrons. The molecule has 5 heteroatoms. The number of amides is 1. The van der Waals surface area contributed by atoms with E-state index < -0.39 is 17.7 Å². The number of methoxy groups -OCH3 is 1. The maximum absolute atomic E-state index is 12.9. The van der Waals surface area contributed by atoms with Gasteiger partial charge in [-0.2, -0.15) is 0 Å². The predicted molar refractivity (Wildman–Crippen MR) is 46.3 cm³/mol. The van der Waals surface area contributed by atoms with Gasteiger partial charge in [0.25, 0.3) is 0 Å². The zero-order valence-electron chi connectivity index (χ0n) is 7.41. The highest BCUT2D eigenvalue weighted by Crippen LogP contribution is 2.09. The second kappa shape index (κ2) is 3.87. The van der Waals surface area contributed by atoms with E-state index in [9.17, 15) is 14.0 Å². The van der Waals surface area contributed by atoms with Crippen LogP contribution in [0.5, 0.6) is 0 Å². The molecule has 0 aliphatic heterocycles. The lowest BCUT2D eigenvalue weighted by Crippen LogP contribution is -2.13. The minimum atomic E-state index is -0.797. The largest absolute Gasteiger partial charge is 0.465 e. The number of carbonyl (C=O) groups is 2. The Labute approximate surface area is 79.5 Å². The maximum atomic E-state index is 12.9. The zero-order chi connectivity index (χ0) is 10.7. The van der Waals surface area contributed by atoms with E-state index in [2.05, 4.69) is 4.74 Å². The quantitative estimate of drug-likeness (QED) is 0.710. The summed E-state index contributed by atoms with van der Waals surface area (Å²) in [6.45, 7) is 0. The summed E-state index contributed by atoms with van der Waals surface area (Å²) in [5.41, 5.74) is 4.83. The van der Waals surface area contributed by atoms with Crippen LogP contribution in [-0.4, -0.2) is 19.0 Å². The fourth-order valence-corrected chi connectivity index (χ4v) is 0.968. The standard InChI is InChI=1S/C9H8FNO3/c1-14-9(13)6-2-5(8(11)12)3-7(10)4-6/h2-4H,1H3,(H2,11,12). The van der Waals surface area contributed by atoms with Gasteiger partial charge >= 0.3 is 5.97 Å². The van der Waals surface area contributed by atoms with Gasteiger partial charge in [0, 0.05) is 5.56 Å². The first-order chi connectivity index (χ1) is 6.54. The fraction of sp³-hybridized carbons (Fsp3) is 0.111. The zero-order valence-corrected chi connectivity index (χ0v) is 7.41. The highest BCUT2D eigenvalue weighted by Gasteiger charge is 2.11. The average molecular weight is 197 g/mol. The van der Waals surface area contributed by atoms with Crippen molar-refractivity contribution in [2.24, 2.45) is 5.73 Å². The number of halogens is 1. The van der Waals surface area contributed by atoms with Crippen LogP contribution in [0.3, 0.4) is 0 Å². The van der Waals surface area contributed by atoms with Crippen LogP contribution < -0.4 is 5.73 Å². The molecule has 0 saturated heterocycles. The molecular formula is C9H8FNO3. The maximum Gasteiger partial charge on any atom is 0.337 e. The molecule has 1 amide bonds. The predicted octanol–water partition coefficient (Wildman–Crippen LogP) is 0.711. The van der Waals surface area contributed by atoms with Crippen molar-refractivity contribution in [3.63, 3.8) is 0 Å². The molecule has 0 heterocycles. The first-order valence-corrected chi connectivity index (χ1v) is 3.73. The van der Waals surface area contributed by atoms with E-state index >= 15 is 0 Å². The van der Waals surface area contributed by atoms with Crippen LogP contribution in [0.2, 0.25) is 0 Å². The Morgan fingerprint density at radius 1 is 1.29 bits per heavy atom. The smallest absolute Gasteiger partial charge is 0.337 e. The molecule has 4 nitrogen and oxygen atoms in total. The summed E-state index contributed by atoms with van der Waals surface area (Å²) in [6.07, 6.45) is 0. The van der Waals surface area contributed by atoms with Crippen LogP contribution in [0.4, 0.5) is 4.39 Å². The lowest BCUT2D eigenvalue weighted by molar-refractivity contribution is 0.0600. The molecule has 74 valence electrons. The second-order valence-electron chi connectivity index (χ2n) is 2.58. The van der Waals surface area contributed by atoms with Gasteiger partial charge in [-0.1, -0.05) is 0 Å². The van der Waals surface area contributed by atoms with Crippen LogP contribution in [0, 0.1) is 5.82 Å². The minimum absolute atomic E-state index is 0.0405. The van der Waals surface area contributed by atoms with Gasteiger partial charge in [0.15, 0.2) is 0 Å². The van der Waals surface area contributed by atoms with E-state index in [0.29, 0.717) is 0 Å². The van der Waals surface area contributed by atoms with Crippen molar-refractivity contribution in [2.75, 3.05) is 7.11 Å². The Morgan fingerprint density at radius 2 is 1.86 bits per heavy atom. The third kappa shape index (κ3) is 2.07. The summed E-state index contributed by atoms with van der Waals surface area (Å²) in [6, 6.07) is 3.10. The Morgan fingerprint density at radius 3 is 2.36 bits per heavy atom. The molecule has 0 aliphatic carbocycles. The molecule has 0 aromatic heterocycles. The lowest BCUT2D eigenvalue weighted by atomic mass is 10.1. The number of hydrogen-bond donors (Lipinski definition) is 1. The molecule has 0 bridgehead atoms. The van der Waals surface area contributed by atoms with Gasteiger partial charge in [-0.05, 0) is 18.2 Å². The molecule has 14 heavy (non-hydrogen) atoms. The topological polar surface area (TPSA) is 69.4 Å². The van der Waals surface area contributed by atoms with E-state index in [-0.39, 0.29) is 11.1 Å². The van der Waals surface area contributed by atoms with Gasteiger partial charge in [-0.25, -0.2) is 9.18 Å². The third-order valence-corrected chi connectivity index (χ3v) is 1.60. The number of benzene rings is 1. The molecule has 0 fully saturated rings. The SMILES string of the molecule is COC(=O)c1cc(F)cc(C(N)=O)c1. The highest BCUT2D eigenvalue weighted by molar-refractivity contribution is 5.97. The number of esters is 1. The molecule has 0 unspecified atom stereocenters. The number of ether oxygens (including phenoxy) is 1. The number of nitrogens with two attached hydrogens (primary N) is 1. The number of hydrogen-bond acceptors (Lipinski definition) is 3. The Kier molecular flexibility index (Phi) is 2.81. The molecule has 2 N–H and O–H groups in total. The van der Waals surface area contributed by atoms with Crippen molar-refractivity contribution in [3.05, 3.63) is 35.1 Å². The summed E-state index contributed by atoms with van der Waals surface area (Å²) in [4.78, 5) is 21.7. The van der Waals surface area contributed by atoms with E-state index in [4.69, 9.17) is 5.73 Å². The van der Waals surface area contributed by atoms with Gasteiger partial charge in [-0.3, -0.25) is 4.79 Å². The first kappa shape index (κ1) is 10.2. The van der Waals surface area contributed by atoms with Crippen molar-refractivity contribution in [2.45, 2.75) is 0 Å². The van der Waals surface area contributed by atoms with E-state index in [1.807, 2.05) is 0 Å². The van der Waals surface area contributed by atoms with Crippen LogP contribution in [0.15, 0.2) is 18.2 Å². The second-order valence-corrected chi connectivity index (χ2v) is 2.58. The van der Waals surface area contributed by atoms with Gasteiger partial charge in [0.05, 0.1) is 12.7 Å². The molecule has 1 rings (SSSR count). The van der Waals surface area contributed by atoms with Crippen molar-refractivity contribution >= 4 is 11.9 Å². The normalized spacial score (nSPS) is 9.57. The fourth-order valence-electron chi connectivity index (χ4n) is 0.968. The molecule has 0 saturated carbocycles. The lowest BCUT2D eigenvalue weighted by Gasteiger charge is -2.01. The van der Waals surface area contributed by atoms with Crippen molar-refractivity contribution in [1.29, 1.82) is 0 Å². The van der Waals surface area contributed by atoms with Crippen molar-refractivity contribution < 1.29 is 18.7 Å². The third-order valence-electron chi connectivity index (χ3n) is 1.60. The number of rotatable bonds is 2. The first-order valence-electron chi connectivity index (χ1n) is 3.73. The Balaban J connectivity index is 3.20. The van der Waals surface area contributed by atoms with Gasteiger partial charge in [0.2, 0.25) is 5.91 Å². The van der Waals surface area contributed by atoms with E-state index in [0.717, 1.165) is 19.2 Å². The molecule has 0 aliphatic rings. The van der Waals surface area contributed by atoms with Gasteiger partial charge in [0.1, 0.15) is 5.82 Å². The van der Waals surface area contributed by atoms with E-state index in [1.54, 1.807) is 0 Å². The van der Waals surface area contributed by atoms with Crippen molar-refractivity contribution in [3.8, 4) is 0 Å². The molecule has 1 aromatic rings. The summed E-state index contributed by atoms with van der Waals surface area (Å²) >= 11 is 0. The average Bonchev–Trinajstić information content (AvgIpc) is 2.15. The summed E-state index contributed by atoms with van der Waals surface area (Å²) < 4.78 is 17.2. The molecule has 1 aromatic carbocycles. The molecule has 0 atom stereocenters. The summed E-state index contributed by atoms with van der Waals surface area (Å²) in [7, 11) is 1.16. The van der Waals surface area contributed by atoms with E-state index in [1.165, 1.54) is 6.07 Å². The van der Waals surface area contributed by atoms with Gasteiger partial charge in [-0.15, -0.1) is 0 Å². The van der Waals surface area contributed by atoms with Crippen LogP contribution in [0.1, 0.15) is 20.7 Å². The Hall–Kier alpha value is -1.91. The van der Waals surface area contributed by atoms with Crippen LogP contribution >= 0.6 is 0 Å². The monoisotopic (exact) mass is 197 g/mol. The number of carbonyl (C=O) groups excluding carboxylic acids is 2. The van der Waals surface area contributed by atoms with Crippen LogP contribution in [0.25, 0.3) is 0 Å². The number of primary amides is 1. The van der Waals surface area contributed by atoms with Crippen molar-refractivity contribution in [1.82, 2.24) is 0 Å². The van der Waals surface area contributed by atoms with Crippen LogP contribution in [-0.2, 0) is 4.74 Å². The summed E-state index contributed by atoms with van der Waals surface area (Å²) in [5, 5.41) is 0. The van der Waals surface area contributed by atoms with Gasteiger partial charge < -0.3 is 10.5 Å². The Bertz CT molecular complexity index is 390. The summed E-state index contributed by atoms with van der Waals surface area (Å²) in [5.74, 6) is -2.22. The minimum Gasteiger partial charge on any atom is -0.465 e. The highest BCUT2D eigenvalue weighted by atomic mass is 19.1. The molecular weight excluding hydrogens is 189 g/mol. The molecule has 0 spiro atoms.